The number of hydrogen-bond acceptors (Lipinski definition) is 3. The van der Waals surface area contributed by atoms with Crippen molar-refractivity contribution >= 4 is 31.3 Å². The Morgan fingerprint density at radius 2 is 1.74 bits per heavy atom. The van der Waals surface area contributed by atoms with Crippen LogP contribution in [0.25, 0.3) is 0 Å². The van der Waals surface area contributed by atoms with Gasteiger partial charge in [-0.3, -0.25) is 0 Å². The molecule has 0 atom stereocenters. The van der Waals surface area contributed by atoms with Crippen molar-refractivity contribution < 1.29 is 21.9 Å². The monoisotopic (exact) mass is 380 g/mol. The summed E-state index contributed by atoms with van der Waals surface area (Å²) in [6.45, 7) is -1.03. The smallest absolute Gasteiger partial charge is 0.297 e. The van der Waals surface area contributed by atoms with Gasteiger partial charge in [0, 0.05) is 21.3 Å². The summed E-state index contributed by atoms with van der Waals surface area (Å²) in [4.78, 5) is -0.683. The van der Waals surface area contributed by atoms with Crippen molar-refractivity contribution in [3.05, 3.63) is 64.7 Å². The third kappa shape index (κ3) is 4.88. The predicted octanol–water partition coefficient (Wildman–Crippen LogP) is 4.58. The first-order chi connectivity index (χ1) is 10.7. The van der Waals surface area contributed by atoms with Crippen molar-refractivity contribution in [2.45, 2.75) is 17.4 Å². The normalized spacial score (nSPS) is 12.3. The standard InChI is InChI=1S/C15H12Cl2F2O3S/c16-12-6-7-14(23(17,20)21)13(8-12)15(18,19)10-22-9-11-4-2-1-3-5-11/h1-8H,9-10H2. The molecule has 0 saturated carbocycles. The van der Waals surface area contributed by atoms with Gasteiger partial charge in [-0.05, 0) is 23.8 Å². The van der Waals surface area contributed by atoms with Gasteiger partial charge in [0.15, 0.2) is 0 Å². The van der Waals surface area contributed by atoms with Crippen molar-refractivity contribution in [2.24, 2.45) is 0 Å². The Kier molecular flexibility index (Phi) is 5.62. The van der Waals surface area contributed by atoms with Crippen LogP contribution < -0.4 is 0 Å². The second-order valence-corrected chi connectivity index (χ2v) is 7.73. The molecular weight excluding hydrogens is 369 g/mol. The summed E-state index contributed by atoms with van der Waals surface area (Å²) < 4.78 is 56.6. The minimum atomic E-state index is -4.33. The van der Waals surface area contributed by atoms with Gasteiger partial charge < -0.3 is 4.74 Å². The lowest BCUT2D eigenvalue weighted by Gasteiger charge is -2.19. The highest BCUT2D eigenvalue weighted by molar-refractivity contribution is 8.13. The highest BCUT2D eigenvalue weighted by atomic mass is 35.7. The Labute approximate surface area is 142 Å². The second-order valence-electron chi connectivity index (χ2n) is 4.76. The molecule has 2 aromatic carbocycles. The van der Waals surface area contributed by atoms with E-state index in [2.05, 4.69) is 0 Å². The first-order valence-corrected chi connectivity index (χ1v) is 9.13. The summed E-state index contributed by atoms with van der Waals surface area (Å²) in [7, 11) is 0.874. The maximum atomic E-state index is 14.3. The molecule has 0 spiro atoms. The van der Waals surface area contributed by atoms with Crippen molar-refractivity contribution in [3.63, 3.8) is 0 Å². The predicted molar refractivity (Wildman–Crippen MR) is 84.5 cm³/mol. The van der Waals surface area contributed by atoms with Crippen LogP contribution in [0.3, 0.4) is 0 Å². The zero-order valence-corrected chi connectivity index (χ0v) is 14.0. The molecule has 0 unspecified atom stereocenters. The zero-order valence-electron chi connectivity index (χ0n) is 11.7. The Bertz CT molecular complexity index is 781. The Hall–Kier alpha value is -1.21. The first-order valence-electron chi connectivity index (χ1n) is 6.44. The van der Waals surface area contributed by atoms with E-state index in [1.54, 1.807) is 30.3 Å². The maximum absolute atomic E-state index is 14.3. The van der Waals surface area contributed by atoms with Gasteiger partial charge in [0.1, 0.15) is 6.61 Å². The van der Waals surface area contributed by atoms with Crippen molar-refractivity contribution in [1.29, 1.82) is 0 Å². The SMILES string of the molecule is O=S(=O)(Cl)c1ccc(Cl)cc1C(F)(F)COCc1ccccc1. The van der Waals surface area contributed by atoms with Crippen LogP contribution >= 0.6 is 22.3 Å². The van der Waals surface area contributed by atoms with Crippen LogP contribution in [-0.4, -0.2) is 15.0 Å². The number of benzene rings is 2. The van der Waals surface area contributed by atoms with Gasteiger partial charge in [0.2, 0.25) is 0 Å². The average Bonchev–Trinajstić information content (AvgIpc) is 2.47. The van der Waals surface area contributed by atoms with Gasteiger partial charge in [-0.2, -0.15) is 8.78 Å². The summed E-state index contributed by atoms with van der Waals surface area (Å²) in [6.07, 6.45) is 0. The molecule has 0 fully saturated rings. The van der Waals surface area contributed by atoms with Crippen LogP contribution in [0.15, 0.2) is 53.4 Å². The number of halogens is 4. The molecule has 23 heavy (non-hydrogen) atoms. The van der Waals surface area contributed by atoms with Crippen molar-refractivity contribution in [1.82, 2.24) is 0 Å². The van der Waals surface area contributed by atoms with E-state index in [0.29, 0.717) is 0 Å². The summed E-state index contributed by atoms with van der Waals surface area (Å²) >= 11 is 5.69. The Balaban J connectivity index is 2.20. The van der Waals surface area contributed by atoms with Crippen LogP contribution in [-0.2, 0) is 26.3 Å². The average molecular weight is 381 g/mol. The highest BCUT2D eigenvalue weighted by Gasteiger charge is 2.37. The summed E-state index contributed by atoms with van der Waals surface area (Å²) in [5.74, 6) is -3.56. The lowest BCUT2D eigenvalue weighted by molar-refractivity contribution is -0.0891. The lowest BCUT2D eigenvalue weighted by atomic mass is 10.1. The van der Waals surface area contributed by atoms with E-state index in [9.17, 15) is 17.2 Å². The molecule has 3 nitrogen and oxygen atoms in total. The van der Waals surface area contributed by atoms with E-state index in [4.69, 9.17) is 27.0 Å². The van der Waals surface area contributed by atoms with E-state index in [0.717, 1.165) is 17.7 Å². The molecule has 0 N–H and O–H groups in total. The quantitative estimate of drug-likeness (QED) is 0.689. The van der Waals surface area contributed by atoms with Gasteiger partial charge in [0.05, 0.1) is 11.5 Å². The molecule has 0 amide bonds. The van der Waals surface area contributed by atoms with Gasteiger partial charge in [-0.25, -0.2) is 8.42 Å². The molecule has 0 aromatic heterocycles. The topological polar surface area (TPSA) is 43.4 Å². The first kappa shape index (κ1) is 18.1. The molecule has 2 rings (SSSR count). The third-order valence-electron chi connectivity index (χ3n) is 2.99. The molecule has 124 valence electrons. The van der Waals surface area contributed by atoms with Crippen LogP contribution in [0.1, 0.15) is 11.1 Å². The highest BCUT2D eigenvalue weighted by Crippen LogP contribution is 2.36. The van der Waals surface area contributed by atoms with Crippen LogP contribution in [0.2, 0.25) is 5.02 Å². The fourth-order valence-corrected chi connectivity index (χ4v) is 3.23. The minimum Gasteiger partial charge on any atom is -0.370 e. The zero-order chi connectivity index (χ0) is 17.1. The number of hydrogen-bond donors (Lipinski definition) is 0. The lowest BCUT2D eigenvalue weighted by Crippen LogP contribution is -2.23. The van der Waals surface area contributed by atoms with Gasteiger partial charge in [0.25, 0.3) is 15.0 Å². The fraction of sp³-hybridized carbons (Fsp3) is 0.200. The van der Waals surface area contributed by atoms with E-state index in [1.807, 2.05) is 0 Å². The number of rotatable bonds is 6. The largest absolute Gasteiger partial charge is 0.370 e. The second kappa shape index (κ2) is 7.13. The molecule has 8 heteroatoms. The third-order valence-corrected chi connectivity index (χ3v) is 4.61. The fourth-order valence-electron chi connectivity index (χ4n) is 1.95. The van der Waals surface area contributed by atoms with Crippen LogP contribution in [0, 0.1) is 0 Å². The van der Waals surface area contributed by atoms with E-state index in [-0.39, 0.29) is 11.6 Å². The van der Waals surface area contributed by atoms with E-state index >= 15 is 0 Å². The molecule has 0 saturated heterocycles. The molecule has 2 aromatic rings. The molecule has 0 radical (unpaired) electrons. The van der Waals surface area contributed by atoms with Crippen molar-refractivity contribution in [3.8, 4) is 0 Å². The Morgan fingerprint density at radius 1 is 1.09 bits per heavy atom. The molecular formula is C15H12Cl2F2O3S. The summed E-state index contributed by atoms with van der Waals surface area (Å²) in [6, 6.07) is 11.8. The number of alkyl halides is 2. The van der Waals surface area contributed by atoms with Crippen molar-refractivity contribution in [2.75, 3.05) is 6.61 Å². The van der Waals surface area contributed by atoms with Gasteiger partial charge >= 0.3 is 0 Å². The molecule has 0 aliphatic heterocycles. The van der Waals surface area contributed by atoms with Gasteiger partial charge in [-0.1, -0.05) is 41.9 Å². The number of ether oxygens (including phenoxy) is 1. The molecule has 0 aliphatic rings. The maximum Gasteiger partial charge on any atom is 0.297 e. The summed E-state index contributed by atoms with van der Waals surface area (Å²) in [5.41, 5.74) is -0.0624. The van der Waals surface area contributed by atoms with Crippen LogP contribution in [0.4, 0.5) is 8.78 Å². The van der Waals surface area contributed by atoms with Gasteiger partial charge in [-0.15, -0.1) is 0 Å². The molecule has 0 bridgehead atoms. The Morgan fingerprint density at radius 3 is 2.35 bits per heavy atom. The van der Waals surface area contributed by atoms with Crippen LogP contribution in [0.5, 0.6) is 0 Å². The molecule has 0 aliphatic carbocycles. The van der Waals surface area contributed by atoms with E-state index in [1.165, 1.54) is 6.07 Å². The molecule has 0 heterocycles. The van der Waals surface area contributed by atoms with E-state index < -0.39 is 32.0 Å². The minimum absolute atomic E-state index is 0.0215. The summed E-state index contributed by atoms with van der Waals surface area (Å²) in [5, 5.41) is -0.0215.